The van der Waals surface area contributed by atoms with Gasteiger partial charge in [0.25, 0.3) is 0 Å². The lowest BCUT2D eigenvalue weighted by Crippen LogP contribution is -2.10. The average Bonchev–Trinajstić information content (AvgIpc) is 2.97. The largest absolute Gasteiger partial charge is 0.508 e. The van der Waals surface area contributed by atoms with Crippen molar-refractivity contribution in [1.29, 1.82) is 0 Å². The fraction of sp³-hybridized carbons (Fsp3) is 0.158. The van der Waals surface area contributed by atoms with Gasteiger partial charge in [0.1, 0.15) is 5.75 Å². The van der Waals surface area contributed by atoms with E-state index < -0.39 is 0 Å². The Morgan fingerprint density at radius 2 is 1.72 bits per heavy atom. The zero-order chi connectivity index (χ0) is 17.8. The Hall–Kier alpha value is -2.86. The number of aromatic nitrogens is 1. The third-order valence-electron chi connectivity index (χ3n) is 3.85. The van der Waals surface area contributed by atoms with Crippen LogP contribution in [0.5, 0.6) is 5.75 Å². The lowest BCUT2D eigenvalue weighted by molar-refractivity contribution is 0.475. The van der Waals surface area contributed by atoms with E-state index in [1.54, 1.807) is 18.3 Å². The van der Waals surface area contributed by atoms with Crippen LogP contribution in [0.3, 0.4) is 0 Å². The summed E-state index contributed by atoms with van der Waals surface area (Å²) in [5, 5.41) is 20.0. The minimum atomic E-state index is 0.261. The van der Waals surface area contributed by atoms with Crippen molar-refractivity contribution >= 4 is 23.2 Å². The molecule has 0 radical (unpaired) electrons. The first-order chi connectivity index (χ1) is 12.0. The molecule has 3 rings (SSSR count). The summed E-state index contributed by atoms with van der Waals surface area (Å²) in [7, 11) is 5.99. The van der Waals surface area contributed by atoms with E-state index in [1.807, 2.05) is 55.4 Å². The highest BCUT2D eigenvalue weighted by molar-refractivity contribution is 7.07. The Morgan fingerprint density at radius 3 is 2.36 bits per heavy atom. The first-order valence-corrected chi connectivity index (χ1v) is 8.71. The highest BCUT2D eigenvalue weighted by Crippen LogP contribution is 2.21. The normalized spacial score (nSPS) is 12.0. The van der Waals surface area contributed by atoms with Crippen molar-refractivity contribution < 1.29 is 5.11 Å². The number of phenolic OH excluding ortho intramolecular Hbond substituents is 1. The molecule has 128 valence electrons. The summed E-state index contributed by atoms with van der Waals surface area (Å²) < 4.78 is 1.99. The number of benzene rings is 2. The minimum Gasteiger partial charge on any atom is -0.508 e. The first-order valence-electron chi connectivity index (χ1n) is 7.83. The SMILES string of the molecule is CN(C)c1ccc(/C=N\N=c2/scc(-c3ccc(O)cc3)n2C)cc1. The van der Waals surface area contributed by atoms with Crippen molar-refractivity contribution in [2.45, 2.75) is 0 Å². The molecule has 6 heteroatoms. The standard InChI is InChI=1S/C19H20N4OS/c1-22(2)16-8-4-14(5-9-16)12-20-21-19-23(3)18(13-25-19)15-6-10-17(24)11-7-15/h4-13,24H,1-3H3/b20-12-,21-19-. The van der Waals surface area contributed by atoms with Crippen LogP contribution in [0, 0.1) is 0 Å². The topological polar surface area (TPSA) is 53.1 Å². The molecule has 0 spiro atoms. The van der Waals surface area contributed by atoms with Crippen LogP contribution in [0.15, 0.2) is 64.1 Å². The molecular formula is C19H20N4OS. The number of hydrogen-bond acceptors (Lipinski definition) is 5. The number of anilines is 1. The second-order valence-corrected chi connectivity index (χ2v) is 6.68. The van der Waals surface area contributed by atoms with Gasteiger partial charge in [-0.25, -0.2) is 0 Å². The van der Waals surface area contributed by atoms with Crippen LogP contribution in [-0.2, 0) is 7.05 Å². The molecule has 0 aliphatic carbocycles. The second kappa shape index (κ2) is 7.36. The summed E-state index contributed by atoms with van der Waals surface area (Å²) in [6.45, 7) is 0. The number of phenols is 1. The van der Waals surface area contributed by atoms with Gasteiger partial charge in [0.05, 0.1) is 11.9 Å². The van der Waals surface area contributed by atoms with Gasteiger partial charge in [0, 0.05) is 32.2 Å². The van der Waals surface area contributed by atoms with Crippen LogP contribution in [0.25, 0.3) is 11.3 Å². The van der Waals surface area contributed by atoms with E-state index in [-0.39, 0.29) is 5.75 Å². The maximum Gasteiger partial charge on any atom is 0.210 e. The molecule has 0 bridgehead atoms. The van der Waals surface area contributed by atoms with Gasteiger partial charge in [0.2, 0.25) is 4.80 Å². The molecule has 3 aromatic rings. The summed E-state index contributed by atoms with van der Waals surface area (Å²) >= 11 is 1.53. The number of rotatable bonds is 4. The van der Waals surface area contributed by atoms with Crippen LogP contribution in [0.1, 0.15) is 5.56 Å². The summed E-state index contributed by atoms with van der Waals surface area (Å²) in [5.41, 5.74) is 4.22. The Balaban J connectivity index is 1.81. The van der Waals surface area contributed by atoms with E-state index in [0.29, 0.717) is 0 Å². The zero-order valence-electron chi connectivity index (χ0n) is 14.4. The molecule has 1 aromatic heterocycles. The van der Waals surface area contributed by atoms with Crippen LogP contribution in [-0.4, -0.2) is 30.0 Å². The fourth-order valence-corrected chi connectivity index (χ4v) is 3.22. The summed E-state index contributed by atoms with van der Waals surface area (Å²) in [4.78, 5) is 2.87. The van der Waals surface area contributed by atoms with Crippen molar-refractivity contribution in [2.75, 3.05) is 19.0 Å². The first kappa shape index (κ1) is 17.0. The van der Waals surface area contributed by atoms with Gasteiger partial charge >= 0.3 is 0 Å². The molecule has 25 heavy (non-hydrogen) atoms. The van der Waals surface area contributed by atoms with E-state index in [4.69, 9.17) is 0 Å². The summed E-state index contributed by atoms with van der Waals surface area (Å²) in [5.74, 6) is 0.261. The highest BCUT2D eigenvalue weighted by Gasteiger charge is 2.04. The molecule has 0 amide bonds. The molecule has 0 fully saturated rings. The van der Waals surface area contributed by atoms with Gasteiger partial charge in [-0.1, -0.05) is 12.1 Å². The predicted molar refractivity (Wildman–Crippen MR) is 104 cm³/mol. The van der Waals surface area contributed by atoms with Gasteiger partial charge in [-0.15, -0.1) is 16.4 Å². The molecule has 0 saturated heterocycles. The van der Waals surface area contributed by atoms with Crippen LogP contribution in [0.2, 0.25) is 0 Å². The Labute approximate surface area is 150 Å². The van der Waals surface area contributed by atoms with Crippen molar-refractivity contribution in [3.63, 3.8) is 0 Å². The molecule has 0 aliphatic heterocycles. The average molecular weight is 352 g/mol. The van der Waals surface area contributed by atoms with Crippen molar-refractivity contribution in [2.24, 2.45) is 17.3 Å². The molecule has 0 saturated carbocycles. The van der Waals surface area contributed by atoms with E-state index in [9.17, 15) is 5.11 Å². The lowest BCUT2D eigenvalue weighted by Gasteiger charge is -2.11. The van der Waals surface area contributed by atoms with Gasteiger partial charge in [0.15, 0.2) is 0 Å². The molecule has 1 N–H and O–H groups in total. The molecular weight excluding hydrogens is 332 g/mol. The monoisotopic (exact) mass is 352 g/mol. The van der Waals surface area contributed by atoms with Gasteiger partial charge < -0.3 is 14.6 Å². The Morgan fingerprint density at radius 1 is 1.04 bits per heavy atom. The van der Waals surface area contributed by atoms with Gasteiger partial charge in [-0.3, -0.25) is 0 Å². The molecule has 5 nitrogen and oxygen atoms in total. The number of thiazole rings is 1. The summed E-state index contributed by atoms with van der Waals surface area (Å²) in [6, 6.07) is 15.3. The third kappa shape index (κ3) is 3.97. The molecule has 2 aromatic carbocycles. The van der Waals surface area contributed by atoms with E-state index in [0.717, 1.165) is 27.3 Å². The van der Waals surface area contributed by atoms with E-state index >= 15 is 0 Å². The lowest BCUT2D eigenvalue weighted by atomic mass is 10.2. The molecule has 1 heterocycles. The molecule has 0 unspecified atom stereocenters. The van der Waals surface area contributed by atoms with Crippen LogP contribution < -0.4 is 9.70 Å². The highest BCUT2D eigenvalue weighted by atomic mass is 32.1. The fourth-order valence-electron chi connectivity index (χ4n) is 2.36. The van der Waals surface area contributed by atoms with Gasteiger partial charge in [-0.05, 0) is 47.5 Å². The number of aromatic hydroxyl groups is 1. The van der Waals surface area contributed by atoms with Crippen LogP contribution in [0.4, 0.5) is 5.69 Å². The predicted octanol–water partition coefficient (Wildman–Crippen LogP) is 3.46. The smallest absolute Gasteiger partial charge is 0.210 e. The second-order valence-electron chi connectivity index (χ2n) is 5.84. The number of hydrogen-bond donors (Lipinski definition) is 1. The minimum absolute atomic E-state index is 0.261. The summed E-state index contributed by atoms with van der Waals surface area (Å²) in [6.07, 6.45) is 1.75. The Bertz CT molecular complexity index is 935. The van der Waals surface area contributed by atoms with Crippen LogP contribution >= 0.6 is 11.3 Å². The molecule has 0 atom stereocenters. The third-order valence-corrected chi connectivity index (χ3v) is 4.75. The Kier molecular flexibility index (Phi) is 5.00. The van der Waals surface area contributed by atoms with Gasteiger partial charge in [-0.2, -0.15) is 5.10 Å². The quantitative estimate of drug-likeness (QED) is 0.577. The zero-order valence-corrected chi connectivity index (χ0v) is 15.2. The maximum absolute atomic E-state index is 9.41. The van der Waals surface area contributed by atoms with Crippen molar-refractivity contribution in [1.82, 2.24) is 4.57 Å². The van der Waals surface area contributed by atoms with Crippen molar-refractivity contribution in [3.8, 4) is 17.0 Å². The maximum atomic E-state index is 9.41. The van der Waals surface area contributed by atoms with Crippen molar-refractivity contribution in [3.05, 3.63) is 64.3 Å². The van der Waals surface area contributed by atoms with E-state index in [1.165, 1.54) is 11.3 Å². The number of nitrogens with zero attached hydrogens (tertiary/aromatic N) is 4. The van der Waals surface area contributed by atoms with E-state index in [2.05, 4.69) is 27.2 Å². The molecule has 0 aliphatic rings.